The summed E-state index contributed by atoms with van der Waals surface area (Å²) in [6.45, 7) is 8.36. The molecule has 0 aromatic carbocycles. The Labute approximate surface area is 158 Å². The zero-order valence-corrected chi connectivity index (χ0v) is 16.6. The topological polar surface area (TPSA) is 90.6 Å². The van der Waals surface area contributed by atoms with Crippen molar-refractivity contribution in [2.45, 2.75) is 47.0 Å². The molecule has 0 saturated carbocycles. The van der Waals surface area contributed by atoms with Crippen LogP contribution >= 0.6 is 0 Å². The molecule has 3 aromatic rings. The van der Waals surface area contributed by atoms with E-state index in [0.29, 0.717) is 11.1 Å². The van der Waals surface area contributed by atoms with Crippen molar-refractivity contribution in [3.05, 3.63) is 23.5 Å². The molecule has 7 nitrogen and oxygen atoms in total. The van der Waals surface area contributed by atoms with E-state index in [0.717, 1.165) is 42.0 Å². The molecule has 0 spiro atoms. The van der Waals surface area contributed by atoms with Crippen LogP contribution in [0.25, 0.3) is 22.7 Å². The molecule has 4 rings (SSSR count). The number of hydrogen-bond acceptors (Lipinski definition) is 4. The van der Waals surface area contributed by atoms with Crippen LogP contribution in [0.4, 0.5) is 5.69 Å². The van der Waals surface area contributed by atoms with Gasteiger partial charge in [0.2, 0.25) is 5.91 Å². The van der Waals surface area contributed by atoms with Gasteiger partial charge in [0, 0.05) is 24.2 Å². The first-order valence-electron chi connectivity index (χ1n) is 9.45. The zero-order chi connectivity index (χ0) is 19.3. The summed E-state index contributed by atoms with van der Waals surface area (Å²) in [6.07, 6.45) is 4.83. The number of aromatic amines is 2. The van der Waals surface area contributed by atoms with Crippen LogP contribution in [0.15, 0.2) is 12.3 Å². The zero-order valence-electron chi connectivity index (χ0n) is 16.6. The molecule has 0 radical (unpaired) electrons. The third-order valence-electron chi connectivity index (χ3n) is 5.42. The number of nitrogens with zero attached hydrogens (tertiary/aromatic N) is 4. The number of imidazole rings is 1. The van der Waals surface area contributed by atoms with E-state index in [-0.39, 0.29) is 11.8 Å². The highest BCUT2D eigenvalue weighted by atomic mass is 16.2. The van der Waals surface area contributed by atoms with Crippen LogP contribution in [0.5, 0.6) is 0 Å². The quantitative estimate of drug-likeness (QED) is 0.742. The van der Waals surface area contributed by atoms with Crippen LogP contribution in [0.3, 0.4) is 0 Å². The summed E-state index contributed by atoms with van der Waals surface area (Å²) in [5.41, 5.74) is 5.81. The van der Waals surface area contributed by atoms with Gasteiger partial charge in [-0.25, -0.2) is 9.97 Å². The second kappa shape index (κ2) is 6.18. The molecule has 0 unspecified atom stereocenters. The summed E-state index contributed by atoms with van der Waals surface area (Å²) >= 11 is 0. The summed E-state index contributed by atoms with van der Waals surface area (Å²) in [5.74, 6) is 0.709. The maximum absolute atomic E-state index is 12.2. The van der Waals surface area contributed by atoms with Gasteiger partial charge < -0.3 is 9.88 Å². The molecular formula is C20H26N6O. The fraction of sp³-hybridized carbons (Fsp3) is 0.500. The minimum Gasteiger partial charge on any atom is -0.321 e. The minimum absolute atomic E-state index is 0.0518. The van der Waals surface area contributed by atoms with Gasteiger partial charge in [0.25, 0.3) is 0 Å². The second-order valence-corrected chi connectivity index (χ2v) is 8.57. The number of anilines is 1. The van der Waals surface area contributed by atoms with E-state index in [1.165, 1.54) is 11.3 Å². The Hall–Kier alpha value is -2.70. The first-order chi connectivity index (χ1) is 12.7. The fourth-order valence-electron chi connectivity index (χ4n) is 3.74. The number of fused-ring (bicyclic) bond motifs is 2. The standard InChI is InChI=1S/C20H26N6O/c1-11(2)19(27)26(5)12-8-14-17(21-10-12)23-18(22-14)16-13-6-7-20(3,4)9-15(13)24-25-16/h8,10-11H,6-7,9H2,1-5H3,(H,24,25)(H,21,22,23). The van der Waals surface area contributed by atoms with Crippen molar-refractivity contribution < 1.29 is 4.79 Å². The summed E-state index contributed by atoms with van der Waals surface area (Å²) in [4.78, 5) is 26.3. The highest BCUT2D eigenvalue weighted by molar-refractivity contribution is 5.95. The monoisotopic (exact) mass is 366 g/mol. The van der Waals surface area contributed by atoms with Crippen molar-refractivity contribution in [2.24, 2.45) is 11.3 Å². The van der Waals surface area contributed by atoms with E-state index in [1.807, 2.05) is 19.9 Å². The van der Waals surface area contributed by atoms with Crippen LogP contribution in [0.2, 0.25) is 0 Å². The molecule has 3 heterocycles. The van der Waals surface area contributed by atoms with Gasteiger partial charge >= 0.3 is 0 Å². The summed E-state index contributed by atoms with van der Waals surface area (Å²) < 4.78 is 0. The van der Waals surface area contributed by atoms with E-state index in [4.69, 9.17) is 4.98 Å². The number of nitrogens with one attached hydrogen (secondary N) is 2. The third-order valence-corrected chi connectivity index (χ3v) is 5.42. The molecule has 1 amide bonds. The average Bonchev–Trinajstić information content (AvgIpc) is 3.21. The van der Waals surface area contributed by atoms with Crippen molar-refractivity contribution in [1.82, 2.24) is 25.1 Å². The molecule has 1 aliphatic rings. The number of hydrogen-bond donors (Lipinski definition) is 2. The van der Waals surface area contributed by atoms with E-state index in [2.05, 4.69) is 34.0 Å². The van der Waals surface area contributed by atoms with Crippen LogP contribution in [-0.4, -0.2) is 38.1 Å². The van der Waals surface area contributed by atoms with Crippen molar-refractivity contribution in [2.75, 3.05) is 11.9 Å². The predicted molar refractivity (Wildman–Crippen MR) is 106 cm³/mol. The van der Waals surface area contributed by atoms with Gasteiger partial charge in [-0.15, -0.1) is 0 Å². The Kier molecular flexibility index (Phi) is 4.05. The smallest absolute Gasteiger partial charge is 0.229 e. The van der Waals surface area contributed by atoms with Crippen LogP contribution in [0, 0.1) is 11.3 Å². The lowest BCUT2D eigenvalue weighted by molar-refractivity contribution is -0.121. The summed E-state index contributed by atoms with van der Waals surface area (Å²) in [6, 6.07) is 1.89. The van der Waals surface area contributed by atoms with Crippen molar-refractivity contribution in [3.8, 4) is 11.5 Å². The number of rotatable bonds is 3. The lowest BCUT2D eigenvalue weighted by Gasteiger charge is -2.28. The summed E-state index contributed by atoms with van der Waals surface area (Å²) in [5, 5.41) is 7.73. The highest BCUT2D eigenvalue weighted by Gasteiger charge is 2.30. The average molecular weight is 366 g/mol. The van der Waals surface area contributed by atoms with Crippen LogP contribution < -0.4 is 4.90 Å². The fourth-order valence-corrected chi connectivity index (χ4v) is 3.74. The summed E-state index contributed by atoms with van der Waals surface area (Å²) in [7, 11) is 1.77. The number of carbonyl (C=O) groups excluding carboxylic acids is 1. The molecular weight excluding hydrogens is 340 g/mol. The number of pyridine rings is 1. The Balaban J connectivity index is 1.69. The Morgan fingerprint density at radius 3 is 2.85 bits per heavy atom. The predicted octanol–water partition coefficient (Wildman–Crippen LogP) is 3.48. The van der Waals surface area contributed by atoms with Gasteiger partial charge in [0.15, 0.2) is 11.5 Å². The van der Waals surface area contributed by atoms with Crippen LogP contribution in [-0.2, 0) is 17.6 Å². The molecule has 0 atom stereocenters. The van der Waals surface area contributed by atoms with Crippen molar-refractivity contribution >= 4 is 22.8 Å². The first kappa shape index (κ1) is 17.7. The van der Waals surface area contributed by atoms with E-state index in [9.17, 15) is 4.79 Å². The molecule has 0 saturated heterocycles. The van der Waals surface area contributed by atoms with E-state index >= 15 is 0 Å². The number of H-pyrrole nitrogens is 2. The van der Waals surface area contributed by atoms with E-state index < -0.39 is 0 Å². The second-order valence-electron chi connectivity index (χ2n) is 8.57. The lowest BCUT2D eigenvalue weighted by atomic mass is 9.76. The third kappa shape index (κ3) is 3.11. The maximum atomic E-state index is 12.2. The molecule has 0 bridgehead atoms. The largest absolute Gasteiger partial charge is 0.321 e. The molecule has 2 N–H and O–H groups in total. The van der Waals surface area contributed by atoms with Gasteiger partial charge in [0.05, 0.1) is 11.9 Å². The molecule has 0 aliphatic heterocycles. The molecule has 1 aliphatic carbocycles. The molecule has 27 heavy (non-hydrogen) atoms. The number of amides is 1. The minimum atomic E-state index is -0.0692. The normalized spacial score (nSPS) is 15.9. The van der Waals surface area contributed by atoms with Crippen molar-refractivity contribution in [3.63, 3.8) is 0 Å². The Morgan fingerprint density at radius 2 is 2.11 bits per heavy atom. The van der Waals surface area contributed by atoms with Gasteiger partial charge in [-0.3, -0.25) is 9.89 Å². The van der Waals surface area contributed by atoms with E-state index in [1.54, 1.807) is 18.1 Å². The number of carbonyl (C=O) groups is 1. The van der Waals surface area contributed by atoms with Gasteiger partial charge in [-0.2, -0.15) is 5.10 Å². The molecule has 3 aromatic heterocycles. The first-order valence-corrected chi connectivity index (χ1v) is 9.45. The Morgan fingerprint density at radius 1 is 1.33 bits per heavy atom. The lowest BCUT2D eigenvalue weighted by Crippen LogP contribution is -2.30. The van der Waals surface area contributed by atoms with Gasteiger partial charge in [0.1, 0.15) is 11.2 Å². The van der Waals surface area contributed by atoms with Gasteiger partial charge in [-0.05, 0) is 30.7 Å². The van der Waals surface area contributed by atoms with Crippen molar-refractivity contribution in [1.29, 1.82) is 0 Å². The number of aromatic nitrogens is 5. The molecule has 142 valence electrons. The molecule has 7 heteroatoms. The Bertz CT molecular complexity index is 1010. The van der Waals surface area contributed by atoms with Gasteiger partial charge in [-0.1, -0.05) is 27.7 Å². The SMILES string of the molecule is CC(C)C(=O)N(C)c1cnc2[nH]c(-c3n[nH]c4c3CCC(C)(C)C4)nc2c1. The highest BCUT2D eigenvalue weighted by Crippen LogP contribution is 2.37. The maximum Gasteiger partial charge on any atom is 0.229 e. The van der Waals surface area contributed by atoms with Crippen LogP contribution in [0.1, 0.15) is 45.4 Å². The molecule has 0 fully saturated rings.